The van der Waals surface area contributed by atoms with Crippen LogP contribution in [-0.2, 0) is 9.47 Å². The molecule has 0 aliphatic carbocycles. The summed E-state index contributed by atoms with van der Waals surface area (Å²) in [5, 5.41) is 12.5. The summed E-state index contributed by atoms with van der Waals surface area (Å²) in [6, 6.07) is 14.1. The number of aliphatic hydroxyl groups is 1. The number of benzene rings is 2. The zero-order valence-corrected chi connectivity index (χ0v) is 10.1. The van der Waals surface area contributed by atoms with Crippen molar-refractivity contribution in [1.29, 1.82) is 0 Å². The van der Waals surface area contributed by atoms with Gasteiger partial charge in [-0.05, 0) is 22.4 Å². The van der Waals surface area contributed by atoms with Crippen molar-refractivity contribution in [1.82, 2.24) is 0 Å². The van der Waals surface area contributed by atoms with Gasteiger partial charge in [0.2, 0.25) is 0 Å². The topological polar surface area (TPSA) is 38.7 Å². The third-order valence-corrected chi connectivity index (χ3v) is 3.26. The first-order chi connectivity index (χ1) is 8.83. The van der Waals surface area contributed by atoms with Gasteiger partial charge in [0.05, 0.1) is 19.3 Å². The molecule has 1 unspecified atom stereocenters. The maximum absolute atomic E-state index is 10.2. The van der Waals surface area contributed by atoms with Crippen LogP contribution in [0.2, 0.25) is 0 Å². The fraction of sp³-hybridized carbons (Fsp3) is 0.333. The Morgan fingerprint density at radius 1 is 1.06 bits per heavy atom. The molecule has 1 heterocycles. The monoisotopic (exact) mass is 244 g/mol. The molecule has 1 aliphatic rings. The van der Waals surface area contributed by atoms with Gasteiger partial charge in [-0.2, -0.15) is 0 Å². The first-order valence-corrected chi connectivity index (χ1v) is 6.23. The Morgan fingerprint density at radius 3 is 2.56 bits per heavy atom. The second-order valence-electron chi connectivity index (χ2n) is 4.53. The van der Waals surface area contributed by atoms with Gasteiger partial charge in [-0.1, -0.05) is 36.4 Å². The Hall–Kier alpha value is -1.42. The minimum Gasteiger partial charge on any atom is -0.388 e. The van der Waals surface area contributed by atoms with E-state index in [4.69, 9.17) is 9.47 Å². The molecule has 0 spiro atoms. The average Bonchev–Trinajstić information content (AvgIpc) is 2.91. The summed E-state index contributed by atoms with van der Waals surface area (Å²) >= 11 is 0. The van der Waals surface area contributed by atoms with Crippen molar-refractivity contribution < 1.29 is 14.6 Å². The van der Waals surface area contributed by atoms with Gasteiger partial charge in [-0.15, -0.1) is 0 Å². The van der Waals surface area contributed by atoms with Crippen LogP contribution in [0.25, 0.3) is 10.8 Å². The Balaban J connectivity index is 1.80. The predicted octanol–water partition coefficient (Wildman–Crippen LogP) is 2.64. The van der Waals surface area contributed by atoms with Crippen LogP contribution in [0.5, 0.6) is 0 Å². The molecule has 1 atom stereocenters. The molecule has 0 bridgehead atoms. The van der Waals surface area contributed by atoms with E-state index in [2.05, 4.69) is 6.07 Å². The van der Waals surface area contributed by atoms with Gasteiger partial charge < -0.3 is 14.6 Å². The van der Waals surface area contributed by atoms with E-state index < -0.39 is 6.10 Å². The lowest BCUT2D eigenvalue weighted by atomic mass is 10.0. The summed E-state index contributed by atoms with van der Waals surface area (Å²) in [6.45, 7) is 1.24. The molecule has 3 rings (SSSR count). The summed E-state index contributed by atoms with van der Waals surface area (Å²) in [5.74, 6) is 0. The number of aliphatic hydroxyl groups excluding tert-OH is 1. The molecular formula is C15H16O3. The lowest BCUT2D eigenvalue weighted by Crippen LogP contribution is -2.13. The molecule has 0 amide bonds. The molecule has 3 heteroatoms. The Bertz CT molecular complexity index is 532. The largest absolute Gasteiger partial charge is 0.388 e. The molecule has 0 aromatic heterocycles. The van der Waals surface area contributed by atoms with Crippen molar-refractivity contribution in [3.05, 3.63) is 48.0 Å². The molecule has 2 aromatic carbocycles. The standard InChI is InChI=1S/C15H16O3/c16-14(10-15-17-7-8-18-15)13-6-5-11-3-1-2-4-12(11)9-13/h1-6,9,14-16H,7-8,10H2. The van der Waals surface area contributed by atoms with Crippen LogP contribution in [0.4, 0.5) is 0 Å². The summed E-state index contributed by atoms with van der Waals surface area (Å²) in [6.07, 6.45) is -0.331. The van der Waals surface area contributed by atoms with Crippen molar-refractivity contribution in [3.8, 4) is 0 Å². The molecule has 3 nitrogen and oxygen atoms in total. The highest BCUT2D eigenvalue weighted by molar-refractivity contribution is 5.83. The predicted molar refractivity (Wildman–Crippen MR) is 69.2 cm³/mol. The zero-order valence-electron chi connectivity index (χ0n) is 10.1. The molecule has 1 saturated heterocycles. The number of hydrogen-bond donors (Lipinski definition) is 1. The van der Waals surface area contributed by atoms with Gasteiger partial charge in [-0.25, -0.2) is 0 Å². The third kappa shape index (κ3) is 2.38. The molecular weight excluding hydrogens is 228 g/mol. The Morgan fingerprint density at radius 2 is 1.78 bits per heavy atom. The Kier molecular flexibility index (Phi) is 3.28. The van der Waals surface area contributed by atoms with Crippen molar-refractivity contribution in [3.63, 3.8) is 0 Å². The third-order valence-electron chi connectivity index (χ3n) is 3.26. The van der Waals surface area contributed by atoms with E-state index in [0.29, 0.717) is 19.6 Å². The van der Waals surface area contributed by atoms with Crippen LogP contribution < -0.4 is 0 Å². The van der Waals surface area contributed by atoms with Crippen LogP contribution in [0.1, 0.15) is 18.1 Å². The van der Waals surface area contributed by atoms with Gasteiger partial charge >= 0.3 is 0 Å². The van der Waals surface area contributed by atoms with Gasteiger partial charge in [0.25, 0.3) is 0 Å². The summed E-state index contributed by atoms with van der Waals surface area (Å²) in [5.41, 5.74) is 0.910. The van der Waals surface area contributed by atoms with Crippen LogP contribution in [-0.4, -0.2) is 24.6 Å². The lowest BCUT2D eigenvalue weighted by molar-refractivity contribution is -0.0707. The van der Waals surface area contributed by atoms with Crippen molar-refractivity contribution in [2.45, 2.75) is 18.8 Å². The second kappa shape index (κ2) is 5.06. The van der Waals surface area contributed by atoms with Crippen molar-refractivity contribution >= 4 is 10.8 Å². The molecule has 1 fully saturated rings. The fourth-order valence-electron chi connectivity index (χ4n) is 2.28. The highest BCUT2D eigenvalue weighted by Gasteiger charge is 2.21. The first-order valence-electron chi connectivity index (χ1n) is 6.23. The summed E-state index contributed by atoms with van der Waals surface area (Å²) in [7, 11) is 0. The molecule has 94 valence electrons. The van der Waals surface area contributed by atoms with E-state index in [1.165, 1.54) is 5.39 Å². The molecule has 2 aromatic rings. The van der Waals surface area contributed by atoms with E-state index in [-0.39, 0.29) is 6.29 Å². The minimum atomic E-state index is -0.544. The number of ether oxygens (including phenoxy) is 2. The smallest absolute Gasteiger partial charge is 0.160 e. The van der Waals surface area contributed by atoms with Crippen LogP contribution in [0, 0.1) is 0 Å². The molecule has 1 N–H and O–H groups in total. The quantitative estimate of drug-likeness (QED) is 0.902. The summed E-state index contributed by atoms with van der Waals surface area (Å²) < 4.78 is 10.7. The first kappa shape index (κ1) is 11.7. The van der Waals surface area contributed by atoms with Gasteiger partial charge in [-0.3, -0.25) is 0 Å². The molecule has 1 aliphatic heterocycles. The Labute approximate surface area is 106 Å². The normalized spacial score (nSPS) is 18.3. The van der Waals surface area contributed by atoms with E-state index >= 15 is 0 Å². The fourth-order valence-corrected chi connectivity index (χ4v) is 2.28. The number of fused-ring (bicyclic) bond motifs is 1. The van der Waals surface area contributed by atoms with Crippen molar-refractivity contribution in [2.24, 2.45) is 0 Å². The van der Waals surface area contributed by atoms with Crippen LogP contribution in [0.3, 0.4) is 0 Å². The minimum absolute atomic E-state index is 0.272. The van der Waals surface area contributed by atoms with Crippen molar-refractivity contribution in [2.75, 3.05) is 13.2 Å². The van der Waals surface area contributed by atoms with Gasteiger partial charge in [0, 0.05) is 6.42 Å². The highest BCUT2D eigenvalue weighted by Crippen LogP contribution is 2.25. The zero-order chi connectivity index (χ0) is 12.4. The molecule has 18 heavy (non-hydrogen) atoms. The average molecular weight is 244 g/mol. The molecule has 0 saturated carbocycles. The number of rotatable bonds is 3. The van der Waals surface area contributed by atoms with E-state index in [1.54, 1.807) is 0 Å². The maximum Gasteiger partial charge on any atom is 0.160 e. The van der Waals surface area contributed by atoms with Gasteiger partial charge in [0.15, 0.2) is 6.29 Å². The SMILES string of the molecule is OC(CC1OCCO1)c1ccc2ccccc2c1. The van der Waals surface area contributed by atoms with E-state index in [1.807, 2.05) is 36.4 Å². The van der Waals surface area contributed by atoms with E-state index in [0.717, 1.165) is 10.9 Å². The lowest BCUT2D eigenvalue weighted by Gasteiger charge is -2.15. The van der Waals surface area contributed by atoms with Crippen LogP contribution >= 0.6 is 0 Å². The highest BCUT2D eigenvalue weighted by atomic mass is 16.7. The maximum atomic E-state index is 10.2. The number of hydrogen-bond acceptors (Lipinski definition) is 3. The van der Waals surface area contributed by atoms with Gasteiger partial charge in [0.1, 0.15) is 0 Å². The van der Waals surface area contributed by atoms with E-state index in [9.17, 15) is 5.11 Å². The second-order valence-corrected chi connectivity index (χ2v) is 4.53. The summed E-state index contributed by atoms with van der Waals surface area (Å²) in [4.78, 5) is 0. The molecule has 0 radical (unpaired) electrons. The van der Waals surface area contributed by atoms with Crippen LogP contribution in [0.15, 0.2) is 42.5 Å².